The molecule has 9 rings (SSSR count). The van der Waals surface area contributed by atoms with Crippen LogP contribution in [0.25, 0.3) is 22.2 Å². The van der Waals surface area contributed by atoms with E-state index in [-0.39, 0.29) is 42.2 Å². The number of methoxy groups -OCH3 is 1. The van der Waals surface area contributed by atoms with Crippen molar-refractivity contribution < 1.29 is 32.3 Å². The van der Waals surface area contributed by atoms with Crippen molar-refractivity contribution in [3.63, 3.8) is 0 Å². The van der Waals surface area contributed by atoms with Crippen LogP contribution in [0.2, 0.25) is 0 Å². The predicted octanol–water partition coefficient (Wildman–Crippen LogP) is 6.40. The van der Waals surface area contributed by atoms with Crippen molar-refractivity contribution in [1.82, 2.24) is 23.4 Å². The zero-order valence-corrected chi connectivity index (χ0v) is 33.0. The maximum atomic E-state index is 15.3. The lowest BCUT2D eigenvalue weighted by atomic mass is 9.81. The number of hydrogen-bond acceptors (Lipinski definition) is 7. The summed E-state index contributed by atoms with van der Waals surface area (Å²) in [5.74, 6) is 0.406. The minimum atomic E-state index is -4.01. The first-order valence-electron chi connectivity index (χ1n) is 19.9. The third kappa shape index (κ3) is 6.14. The van der Waals surface area contributed by atoms with Gasteiger partial charge in [-0.2, -0.15) is 12.7 Å². The summed E-state index contributed by atoms with van der Waals surface area (Å²) in [6.07, 6.45) is 7.53. The number of carbonyl (C=O) groups excluding carboxylic acids is 3. The molecule has 2 saturated carbocycles. The molecule has 56 heavy (non-hydrogen) atoms. The molecule has 4 fully saturated rings. The van der Waals surface area contributed by atoms with Crippen molar-refractivity contribution in [2.75, 3.05) is 34.3 Å². The number of carbonyl (C=O) groups is 3. The van der Waals surface area contributed by atoms with Crippen molar-refractivity contribution in [2.45, 2.75) is 88.4 Å². The molecule has 0 radical (unpaired) electrons. The number of nitrogens with zero attached hydrogens (tertiary/aromatic N) is 4. The number of fused-ring (bicyclic) bond motifs is 9. The SMILES string of the molecule is COc1ccc2c(c1)C1CC1(C(=O)N1[C@@H]3CC[C@@H]1CN(C(=O)OCc1ccccc1)C3)Cn1c-2c(C2CCCCC2)c2ccc(C(=O)NS(=O)(=O)N(C)C)cc21. The number of aromatic nitrogens is 1. The molecule has 2 aliphatic carbocycles. The molecule has 3 aromatic carbocycles. The second kappa shape index (κ2) is 13.9. The minimum absolute atomic E-state index is 0.0424. The largest absolute Gasteiger partial charge is 0.497 e. The summed E-state index contributed by atoms with van der Waals surface area (Å²) in [5.41, 5.74) is 5.74. The first kappa shape index (κ1) is 36.7. The van der Waals surface area contributed by atoms with Crippen LogP contribution in [0.1, 0.15) is 90.3 Å². The van der Waals surface area contributed by atoms with E-state index in [0.717, 1.165) is 81.9 Å². The van der Waals surface area contributed by atoms with Gasteiger partial charge in [0.15, 0.2) is 0 Å². The molecule has 5 aliphatic rings. The number of piperazine rings is 1. The van der Waals surface area contributed by atoms with Crippen molar-refractivity contribution in [1.29, 1.82) is 0 Å². The van der Waals surface area contributed by atoms with Crippen LogP contribution in [-0.4, -0.2) is 91.4 Å². The topological polar surface area (TPSA) is 130 Å². The highest BCUT2D eigenvalue weighted by Gasteiger charge is 2.65. The molecular formula is C43H49N5O7S. The minimum Gasteiger partial charge on any atom is -0.497 e. The molecule has 4 atom stereocenters. The van der Waals surface area contributed by atoms with E-state index in [0.29, 0.717) is 32.0 Å². The van der Waals surface area contributed by atoms with Crippen LogP contribution >= 0.6 is 0 Å². The van der Waals surface area contributed by atoms with E-state index < -0.39 is 21.5 Å². The van der Waals surface area contributed by atoms with Crippen LogP contribution in [0.5, 0.6) is 5.75 Å². The highest BCUT2D eigenvalue weighted by molar-refractivity contribution is 7.87. The molecule has 294 valence electrons. The first-order valence-corrected chi connectivity index (χ1v) is 21.3. The Labute approximate surface area is 327 Å². The number of rotatable bonds is 8. The van der Waals surface area contributed by atoms with Crippen LogP contribution in [0.4, 0.5) is 4.79 Å². The first-order chi connectivity index (χ1) is 27.0. The standard InChI is InChI=1S/C43H49N5O7S/c1-45(2)56(52,53)44-40(49)29-14-18-34-37(20-29)47-26-43(22-36(43)35-21-32(54-3)17-19-33(35)39(47)38(34)28-12-8-5-9-13-28)41(50)48-30-15-16-31(48)24-46(23-30)42(51)55-25-27-10-6-4-7-11-27/h4,6-7,10-11,14,17-21,28,30-31,36H,5,8-9,12-13,15-16,22-26H2,1-3H3,(H,44,49)/t30-,31-,36?,43?/m1/s1. The average Bonchev–Trinajstić information content (AvgIpc) is 3.80. The van der Waals surface area contributed by atoms with E-state index >= 15 is 4.79 Å². The summed E-state index contributed by atoms with van der Waals surface area (Å²) in [6.45, 7) is 1.48. The van der Waals surface area contributed by atoms with E-state index in [1.54, 1.807) is 24.1 Å². The van der Waals surface area contributed by atoms with Crippen LogP contribution in [0.15, 0.2) is 66.7 Å². The van der Waals surface area contributed by atoms with E-state index in [2.05, 4.69) is 26.3 Å². The maximum Gasteiger partial charge on any atom is 0.410 e. The number of likely N-dealkylation sites (tertiary alicyclic amines) is 1. The molecule has 13 heteroatoms. The fourth-order valence-corrected chi connectivity index (χ4v) is 10.7. The van der Waals surface area contributed by atoms with Gasteiger partial charge in [0.25, 0.3) is 5.91 Å². The molecule has 12 nitrogen and oxygen atoms in total. The number of ether oxygens (including phenoxy) is 2. The Morgan fingerprint density at radius 1 is 0.911 bits per heavy atom. The molecule has 2 unspecified atom stereocenters. The van der Waals surface area contributed by atoms with Crippen molar-refractivity contribution in [2.24, 2.45) is 5.41 Å². The van der Waals surface area contributed by atoms with Gasteiger partial charge < -0.3 is 23.8 Å². The molecule has 4 aromatic rings. The van der Waals surface area contributed by atoms with Gasteiger partial charge in [-0.05, 0) is 85.0 Å². The number of nitrogens with one attached hydrogen (secondary N) is 1. The van der Waals surface area contributed by atoms with Gasteiger partial charge in [-0.25, -0.2) is 9.52 Å². The van der Waals surface area contributed by atoms with Gasteiger partial charge in [0.05, 0.1) is 18.2 Å². The smallest absolute Gasteiger partial charge is 0.410 e. The number of benzene rings is 3. The fourth-order valence-electron chi connectivity index (χ4n) is 10.1. The predicted molar refractivity (Wildman–Crippen MR) is 211 cm³/mol. The molecular weight excluding hydrogens is 731 g/mol. The lowest BCUT2D eigenvalue weighted by Gasteiger charge is -2.42. The highest BCUT2D eigenvalue weighted by atomic mass is 32.2. The van der Waals surface area contributed by atoms with Crippen LogP contribution < -0.4 is 9.46 Å². The number of hydrogen-bond donors (Lipinski definition) is 1. The van der Waals surface area contributed by atoms with Crippen molar-refractivity contribution >= 4 is 39.0 Å². The summed E-state index contributed by atoms with van der Waals surface area (Å²) in [4.78, 5) is 46.0. The molecule has 3 amide bonds. The Morgan fingerprint density at radius 3 is 2.34 bits per heavy atom. The quantitative estimate of drug-likeness (QED) is 0.219. The Balaban J connectivity index is 1.10. The van der Waals surface area contributed by atoms with E-state index in [1.807, 2.05) is 42.5 Å². The third-order valence-corrected chi connectivity index (χ3v) is 14.5. The highest BCUT2D eigenvalue weighted by Crippen LogP contribution is 2.66. The van der Waals surface area contributed by atoms with Crippen molar-refractivity contribution in [3.05, 3.63) is 89.0 Å². The molecule has 1 N–H and O–H groups in total. The molecule has 4 heterocycles. The van der Waals surface area contributed by atoms with E-state index in [4.69, 9.17) is 9.47 Å². The lowest BCUT2D eigenvalue weighted by molar-refractivity contribution is -0.143. The Bertz CT molecular complexity index is 2320. The molecule has 2 saturated heterocycles. The molecule has 0 spiro atoms. The Morgan fingerprint density at radius 2 is 1.64 bits per heavy atom. The summed E-state index contributed by atoms with van der Waals surface area (Å²) in [5, 5.41) is 1.03. The number of amides is 3. The maximum absolute atomic E-state index is 15.3. The normalized spacial score (nSPS) is 24.2. The fraction of sp³-hybridized carbons (Fsp3) is 0.465. The van der Waals surface area contributed by atoms with Crippen LogP contribution in [-0.2, 0) is 32.9 Å². The van der Waals surface area contributed by atoms with Gasteiger partial charge in [-0.3, -0.25) is 9.59 Å². The second-order valence-electron chi connectivity index (χ2n) is 16.5. The zero-order valence-electron chi connectivity index (χ0n) is 32.2. The summed E-state index contributed by atoms with van der Waals surface area (Å²) in [7, 11) is 0.404. The van der Waals surface area contributed by atoms with Crippen LogP contribution in [0, 0.1) is 5.41 Å². The van der Waals surface area contributed by atoms with Gasteiger partial charge in [0.1, 0.15) is 12.4 Å². The van der Waals surface area contributed by atoms with E-state index in [9.17, 15) is 18.0 Å². The zero-order chi connectivity index (χ0) is 38.9. The van der Waals surface area contributed by atoms with Gasteiger partial charge in [0.2, 0.25) is 5.91 Å². The molecule has 2 bridgehead atoms. The Kier molecular flexibility index (Phi) is 9.15. The van der Waals surface area contributed by atoms with Gasteiger partial charge in [0, 0.05) is 73.8 Å². The van der Waals surface area contributed by atoms with Crippen LogP contribution in [0.3, 0.4) is 0 Å². The van der Waals surface area contributed by atoms with Gasteiger partial charge >= 0.3 is 16.3 Å². The van der Waals surface area contributed by atoms with Crippen molar-refractivity contribution in [3.8, 4) is 17.0 Å². The third-order valence-electron chi connectivity index (χ3n) is 13.1. The second-order valence-corrected chi connectivity index (χ2v) is 18.4. The van der Waals surface area contributed by atoms with Gasteiger partial charge in [-0.15, -0.1) is 0 Å². The summed E-state index contributed by atoms with van der Waals surface area (Å²) >= 11 is 0. The monoisotopic (exact) mass is 779 g/mol. The van der Waals surface area contributed by atoms with Gasteiger partial charge in [-0.1, -0.05) is 55.7 Å². The van der Waals surface area contributed by atoms with E-state index in [1.165, 1.54) is 26.1 Å². The summed E-state index contributed by atoms with van der Waals surface area (Å²) in [6, 6.07) is 21.1. The lowest BCUT2D eigenvalue weighted by Crippen LogP contribution is -2.59. The average molecular weight is 780 g/mol. The summed E-state index contributed by atoms with van der Waals surface area (Å²) < 4.78 is 42.3. The Hall–Kier alpha value is -4.88. The molecule has 3 aliphatic heterocycles. The molecule has 1 aromatic heterocycles.